The number of hydrogen-bond acceptors (Lipinski definition) is 2. The Morgan fingerprint density at radius 3 is 2.16 bits per heavy atom. The summed E-state index contributed by atoms with van der Waals surface area (Å²) < 4.78 is 6.65. The molecule has 0 spiro atoms. The molecule has 3 aliphatic carbocycles. The minimum absolute atomic E-state index is 0.189. The third-order valence-corrected chi connectivity index (χ3v) is 5.51. The molecule has 19 heavy (non-hydrogen) atoms. The van der Waals surface area contributed by atoms with Crippen molar-refractivity contribution in [2.24, 2.45) is 5.41 Å². The highest BCUT2D eigenvalue weighted by atomic mass is 16.5. The maximum Gasteiger partial charge on any atom is 0.0810 e. The lowest BCUT2D eigenvalue weighted by atomic mass is 9.76. The molecular formula is C17H31NO. The van der Waals surface area contributed by atoms with Crippen molar-refractivity contribution in [3.05, 3.63) is 0 Å². The Hall–Kier alpha value is -0.0800. The van der Waals surface area contributed by atoms with Crippen molar-refractivity contribution >= 4 is 0 Å². The zero-order valence-electron chi connectivity index (χ0n) is 12.8. The second kappa shape index (κ2) is 5.37. The first kappa shape index (κ1) is 13.9. The van der Waals surface area contributed by atoms with Crippen molar-refractivity contribution in [3.8, 4) is 0 Å². The van der Waals surface area contributed by atoms with Crippen LogP contribution in [0.3, 0.4) is 0 Å². The molecule has 0 aromatic carbocycles. The van der Waals surface area contributed by atoms with Crippen LogP contribution in [0.4, 0.5) is 0 Å². The molecule has 3 saturated carbocycles. The smallest absolute Gasteiger partial charge is 0.0810 e. The van der Waals surface area contributed by atoms with Gasteiger partial charge < -0.3 is 10.1 Å². The van der Waals surface area contributed by atoms with E-state index in [4.69, 9.17) is 4.74 Å². The van der Waals surface area contributed by atoms with E-state index in [-0.39, 0.29) is 5.60 Å². The molecule has 0 aliphatic heterocycles. The molecule has 0 saturated heterocycles. The summed E-state index contributed by atoms with van der Waals surface area (Å²) >= 11 is 0. The monoisotopic (exact) mass is 265 g/mol. The predicted octanol–water partition coefficient (Wildman–Crippen LogP) is 4.04. The van der Waals surface area contributed by atoms with Crippen LogP contribution in [0.2, 0.25) is 0 Å². The summed E-state index contributed by atoms with van der Waals surface area (Å²) in [6, 6.07) is 0.811. The van der Waals surface area contributed by atoms with Gasteiger partial charge in [-0.25, -0.2) is 0 Å². The number of hydrogen-bond donors (Lipinski definition) is 1. The van der Waals surface area contributed by atoms with Crippen LogP contribution in [-0.4, -0.2) is 24.3 Å². The molecule has 0 amide bonds. The standard InChI is InChI=1S/C17H31NO/c1-16(2)11-7-15(8-12-16)19-17(9-3-4-10-17)13-18-14-5-6-14/h14-15,18H,3-13H2,1-2H3. The maximum atomic E-state index is 6.65. The van der Waals surface area contributed by atoms with Gasteiger partial charge in [-0.15, -0.1) is 0 Å². The van der Waals surface area contributed by atoms with Gasteiger partial charge in [0.05, 0.1) is 11.7 Å². The Balaban J connectivity index is 1.52. The Morgan fingerprint density at radius 2 is 1.58 bits per heavy atom. The van der Waals surface area contributed by atoms with Crippen molar-refractivity contribution < 1.29 is 4.74 Å². The van der Waals surface area contributed by atoms with E-state index >= 15 is 0 Å². The summed E-state index contributed by atoms with van der Waals surface area (Å²) in [7, 11) is 0. The van der Waals surface area contributed by atoms with Gasteiger partial charge in [-0.3, -0.25) is 0 Å². The first-order valence-corrected chi connectivity index (χ1v) is 8.48. The molecule has 0 aromatic rings. The molecule has 0 aromatic heterocycles. The topological polar surface area (TPSA) is 21.3 Å². The van der Waals surface area contributed by atoms with E-state index in [0.29, 0.717) is 11.5 Å². The van der Waals surface area contributed by atoms with Crippen molar-refractivity contribution in [2.45, 2.75) is 95.8 Å². The molecule has 1 N–H and O–H groups in total. The van der Waals surface area contributed by atoms with Gasteiger partial charge in [-0.2, -0.15) is 0 Å². The third kappa shape index (κ3) is 3.72. The van der Waals surface area contributed by atoms with Gasteiger partial charge in [0.1, 0.15) is 0 Å². The van der Waals surface area contributed by atoms with Crippen LogP contribution in [-0.2, 0) is 4.74 Å². The van der Waals surface area contributed by atoms with Crippen molar-refractivity contribution in [1.29, 1.82) is 0 Å². The van der Waals surface area contributed by atoms with E-state index < -0.39 is 0 Å². The summed E-state index contributed by atoms with van der Waals surface area (Å²) in [6.07, 6.45) is 13.8. The maximum absolute atomic E-state index is 6.65. The lowest BCUT2D eigenvalue weighted by molar-refractivity contribution is -0.109. The van der Waals surface area contributed by atoms with Crippen LogP contribution in [0.15, 0.2) is 0 Å². The molecule has 0 bridgehead atoms. The zero-order valence-corrected chi connectivity index (χ0v) is 12.8. The number of rotatable bonds is 5. The highest BCUT2D eigenvalue weighted by Gasteiger charge is 2.39. The lowest BCUT2D eigenvalue weighted by Gasteiger charge is -2.40. The second-order valence-electron chi connectivity index (χ2n) is 8.03. The van der Waals surface area contributed by atoms with Gasteiger partial charge in [-0.1, -0.05) is 26.7 Å². The first-order valence-electron chi connectivity index (χ1n) is 8.48. The summed E-state index contributed by atoms with van der Waals surface area (Å²) in [5.74, 6) is 0. The molecule has 0 radical (unpaired) electrons. The molecule has 2 heteroatoms. The molecule has 110 valence electrons. The van der Waals surface area contributed by atoms with Gasteiger partial charge in [0, 0.05) is 12.6 Å². The Bertz CT molecular complexity index is 292. The summed E-state index contributed by atoms with van der Waals surface area (Å²) in [4.78, 5) is 0. The van der Waals surface area contributed by atoms with E-state index in [1.807, 2.05) is 0 Å². The van der Waals surface area contributed by atoms with Crippen LogP contribution < -0.4 is 5.32 Å². The Kier molecular flexibility index (Phi) is 3.92. The van der Waals surface area contributed by atoms with Crippen molar-refractivity contribution in [1.82, 2.24) is 5.32 Å². The molecule has 0 unspecified atom stereocenters. The summed E-state index contributed by atoms with van der Waals surface area (Å²) in [6.45, 7) is 5.92. The molecule has 3 fully saturated rings. The van der Waals surface area contributed by atoms with Crippen LogP contribution >= 0.6 is 0 Å². The molecule has 3 aliphatic rings. The molecule has 3 rings (SSSR count). The first-order chi connectivity index (χ1) is 9.07. The highest BCUT2D eigenvalue weighted by Crippen LogP contribution is 2.41. The lowest BCUT2D eigenvalue weighted by Crippen LogP contribution is -2.45. The fourth-order valence-corrected chi connectivity index (χ4v) is 3.82. The summed E-state index contributed by atoms with van der Waals surface area (Å²) in [5.41, 5.74) is 0.740. The zero-order chi connectivity index (χ0) is 13.3. The minimum Gasteiger partial charge on any atom is -0.370 e. The van der Waals surface area contributed by atoms with E-state index in [1.165, 1.54) is 64.2 Å². The van der Waals surface area contributed by atoms with Crippen LogP contribution in [0.25, 0.3) is 0 Å². The number of ether oxygens (including phenoxy) is 1. The van der Waals surface area contributed by atoms with Gasteiger partial charge in [-0.05, 0) is 56.8 Å². The SMILES string of the molecule is CC1(C)CCC(OC2(CNC3CC3)CCCC2)CC1. The van der Waals surface area contributed by atoms with Gasteiger partial charge >= 0.3 is 0 Å². The predicted molar refractivity (Wildman–Crippen MR) is 79.3 cm³/mol. The van der Waals surface area contributed by atoms with E-state index in [2.05, 4.69) is 19.2 Å². The fraction of sp³-hybridized carbons (Fsp3) is 1.00. The number of nitrogens with one attached hydrogen (secondary N) is 1. The largest absolute Gasteiger partial charge is 0.370 e. The van der Waals surface area contributed by atoms with E-state index in [0.717, 1.165) is 12.6 Å². The third-order valence-electron chi connectivity index (χ3n) is 5.51. The van der Waals surface area contributed by atoms with Crippen molar-refractivity contribution in [3.63, 3.8) is 0 Å². The Morgan fingerprint density at radius 1 is 0.947 bits per heavy atom. The van der Waals surface area contributed by atoms with Crippen molar-refractivity contribution in [2.75, 3.05) is 6.54 Å². The molecular weight excluding hydrogens is 234 g/mol. The van der Waals surface area contributed by atoms with E-state index in [1.54, 1.807) is 0 Å². The highest BCUT2D eigenvalue weighted by molar-refractivity contribution is 4.94. The minimum atomic E-state index is 0.189. The molecule has 0 atom stereocenters. The van der Waals surface area contributed by atoms with Crippen LogP contribution in [0, 0.1) is 5.41 Å². The summed E-state index contributed by atoms with van der Waals surface area (Å²) in [5, 5.41) is 3.72. The van der Waals surface area contributed by atoms with Crippen LogP contribution in [0.1, 0.15) is 78.1 Å². The average Bonchev–Trinajstić information content (AvgIpc) is 3.10. The fourth-order valence-electron chi connectivity index (χ4n) is 3.82. The van der Waals surface area contributed by atoms with Gasteiger partial charge in [0.15, 0.2) is 0 Å². The molecule has 0 heterocycles. The van der Waals surface area contributed by atoms with Gasteiger partial charge in [0.2, 0.25) is 0 Å². The second-order valence-corrected chi connectivity index (χ2v) is 8.03. The van der Waals surface area contributed by atoms with Gasteiger partial charge in [0.25, 0.3) is 0 Å². The van der Waals surface area contributed by atoms with E-state index in [9.17, 15) is 0 Å². The normalized spacial score (nSPS) is 30.6. The quantitative estimate of drug-likeness (QED) is 0.810. The van der Waals surface area contributed by atoms with Crippen LogP contribution in [0.5, 0.6) is 0 Å². The average molecular weight is 265 g/mol. The Labute approximate surface area is 118 Å². The molecule has 2 nitrogen and oxygen atoms in total.